The van der Waals surface area contributed by atoms with Gasteiger partial charge in [-0.2, -0.15) is 4.31 Å². The standard InChI is InChI=1S/C23H27ClN2O7S/c1-14-7-9-26(10-8-14)34(29,30)15-5-6-18(24)16(11-15)22(27)25-19-13-21(32-3)20(31-2)12-17(19)23(28)33-4/h5-6,11-14H,7-10H2,1-4H3,(H,25,27). The molecular formula is C23H27ClN2O7S. The minimum Gasteiger partial charge on any atom is -0.493 e. The van der Waals surface area contributed by atoms with E-state index in [1.54, 1.807) is 0 Å². The molecule has 0 aliphatic carbocycles. The third kappa shape index (κ3) is 5.29. The van der Waals surface area contributed by atoms with E-state index in [1.165, 1.54) is 56.0 Å². The first-order valence-corrected chi connectivity index (χ1v) is 12.4. The van der Waals surface area contributed by atoms with Gasteiger partial charge in [-0.25, -0.2) is 13.2 Å². The number of benzene rings is 2. The molecule has 1 amide bonds. The molecule has 0 atom stereocenters. The van der Waals surface area contributed by atoms with E-state index in [0.717, 1.165) is 12.8 Å². The molecule has 0 saturated carbocycles. The van der Waals surface area contributed by atoms with Crippen molar-refractivity contribution in [2.75, 3.05) is 39.7 Å². The highest BCUT2D eigenvalue weighted by Gasteiger charge is 2.29. The van der Waals surface area contributed by atoms with Crippen molar-refractivity contribution in [3.05, 3.63) is 46.5 Å². The van der Waals surface area contributed by atoms with Crippen LogP contribution in [0.5, 0.6) is 11.5 Å². The first-order valence-electron chi connectivity index (χ1n) is 10.6. The van der Waals surface area contributed by atoms with Crippen LogP contribution in [0, 0.1) is 5.92 Å². The van der Waals surface area contributed by atoms with Crippen LogP contribution in [0.4, 0.5) is 5.69 Å². The van der Waals surface area contributed by atoms with E-state index < -0.39 is 21.9 Å². The number of carbonyl (C=O) groups excluding carboxylic acids is 2. The predicted octanol–water partition coefficient (Wildman–Crippen LogP) is 3.82. The first-order chi connectivity index (χ1) is 16.1. The Morgan fingerprint density at radius 2 is 1.62 bits per heavy atom. The number of piperidine rings is 1. The molecule has 0 spiro atoms. The summed E-state index contributed by atoms with van der Waals surface area (Å²) in [5, 5.41) is 2.66. The predicted molar refractivity (Wildman–Crippen MR) is 127 cm³/mol. The van der Waals surface area contributed by atoms with E-state index >= 15 is 0 Å². The topological polar surface area (TPSA) is 111 Å². The van der Waals surface area contributed by atoms with Gasteiger partial charge in [0.2, 0.25) is 10.0 Å². The number of anilines is 1. The summed E-state index contributed by atoms with van der Waals surface area (Å²) in [6.45, 7) is 2.93. The van der Waals surface area contributed by atoms with Gasteiger partial charge in [-0.3, -0.25) is 4.79 Å². The summed E-state index contributed by atoms with van der Waals surface area (Å²) in [6.07, 6.45) is 1.55. The lowest BCUT2D eigenvalue weighted by molar-refractivity contribution is 0.0601. The molecule has 1 saturated heterocycles. The minimum absolute atomic E-state index is 0.0239. The molecule has 0 bridgehead atoms. The van der Waals surface area contributed by atoms with Crippen molar-refractivity contribution in [1.29, 1.82) is 0 Å². The Balaban J connectivity index is 1.96. The van der Waals surface area contributed by atoms with Crippen molar-refractivity contribution in [3.8, 4) is 11.5 Å². The van der Waals surface area contributed by atoms with Gasteiger partial charge in [0, 0.05) is 25.2 Å². The normalized spacial score (nSPS) is 15.0. The van der Waals surface area contributed by atoms with E-state index in [1.807, 2.05) is 0 Å². The third-order valence-electron chi connectivity index (χ3n) is 5.74. The van der Waals surface area contributed by atoms with Crippen LogP contribution in [0.15, 0.2) is 35.2 Å². The van der Waals surface area contributed by atoms with Gasteiger partial charge in [-0.15, -0.1) is 0 Å². The highest BCUT2D eigenvalue weighted by Crippen LogP contribution is 2.34. The number of sulfonamides is 1. The summed E-state index contributed by atoms with van der Waals surface area (Å²) < 4.78 is 43.0. The van der Waals surface area contributed by atoms with Gasteiger partial charge in [-0.05, 0) is 37.0 Å². The summed E-state index contributed by atoms with van der Waals surface area (Å²) in [6, 6.07) is 6.77. The van der Waals surface area contributed by atoms with Crippen molar-refractivity contribution in [1.82, 2.24) is 4.31 Å². The lowest BCUT2D eigenvalue weighted by Gasteiger charge is -2.29. The van der Waals surface area contributed by atoms with Crippen molar-refractivity contribution in [3.63, 3.8) is 0 Å². The maximum atomic E-state index is 13.1. The number of nitrogens with zero attached hydrogens (tertiary/aromatic N) is 1. The highest BCUT2D eigenvalue weighted by atomic mass is 35.5. The quantitative estimate of drug-likeness (QED) is 0.563. The monoisotopic (exact) mass is 510 g/mol. The summed E-state index contributed by atoms with van der Waals surface area (Å²) in [5.74, 6) is -0.414. The molecule has 1 heterocycles. The number of esters is 1. The number of halogens is 1. The van der Waals surface area contributed by atoms with Gasteiger partial charge < -0.3 is 19.5 Å². The highest BCUT2D eigenvalue weighted by molar-refractivity contribution is 7.89. The second-order valence-electron chi connectivity index (χ2n) is 7.93. The average Bonchev–Trinajstić information content (AvgIpc) is 2.83. The van der Waals surface area contributed by atoms with Crippen LogP contribution in [0.25, 0.3) is 0 Å². The SMILES string of the molecule is COC(=O)c1cc(OC)c(OC)cc1NC(=O)c1cc(S(=O)(=O)N2CCC(C)CC2)ccc1Cl. The van der Waals surface area contributed by atoms with Gasteiger partial charge in [0.1, 0.15) is 0 Å². The Hall–Kier alpha value is -2.82. The van der Waals surface area contributed by atoms with Crippen LogP contribution in [-0.4, -0.2) is 59.0 Å². The molecule has 2 aromatic rings. The number of ether oxygens (including phenoxy) is 3. The summed E-state index contributed by atoms with van der Waals surface area (Å²) >= 11 is 6.24. The zero-order valence-corrected chi connectivity index (χ0v) is 21.0. The molecule has 3 rings (SSSR count). The third-order valence-corrected chi connectivity index (χ3v) is 7.96. The van der Waals surface area contributed by atoms with Gasteiger partial charge in [-0.1, -0.05) is 18.5 Å². The number of nitrogens with one attached hydrogen (secondary N) is 1. The molecule has 1 aliphatic rings. The van der Waals surface area contributed by atoms with E-state index in [0.29, 0.717) is 19.0 Å². The van der Waals surface area contributed by atoms with Gasteiger partial charge in [0.05, 0.1) is 48.1 Å². The molecule has 1 N–H and O–H groups in total. The van der Waals surface area contributed by atoms with Crippen LogP contribution in [-0.2, 0) is 14.8 Å². The van der Waals surface area contributed by atoms with Crippen molar-refractivity contribution in [2.24, 2.45) is 5.92 Å². The van der Waals surface area contributed by atoms with Gasteiger partial charge in [0.25, 0.3) is 5.91 Å². The number of methoxy groups -OCH3 is 3. The van der Waals surface area contributed by atoms with E-state index in [-0.39, 0.29) is 38.2 Å². The van der Waals surface area contributed by atoms with Gasteiger partial charge in [0.15, 0.2) is 11.5 Å². The molecule has 34 heavy (non-hydrogen) atoms. The molecule has 184 valence electrons. The van der Waals surface area contributed by atoms with E-state index in [2.05, 4.69) is 12.2 Å². The Morgan fingerprint density at radius 3 is 2.21 bits per heavy atom. The van der Waals surface area contributed by atoms with Crippen molar-refractivity contribution < 1.29 is 32.2 Å². The smallest absolute Gasteiger partial charge is 0.340 e. The zero-order valence-electron chi connectivity index (χ0n) is 19.4. The number of hydrogen-bond acceptors (Lipinski definition) is 7. The van der Waals surface area contributed by atoms with Crippen LogP contribution in [0.3, 0.4) is 0 Å². The Kier molecular flexibility index (Phi) is 8.06. The number of hydrogen-bond donors (Lipinski definition) is 1. The molecule has 11 heteroatoms. The molecule has 1 fully saturated rings. The van der Waals surface area contributed by atoms with Crippen LogP contribution in [0.2, 0.25) is 5.02 Å². The summed E-state index contributed by atoms with van der Waals surface area (Å²) in [5.41, 5.74) is 0.0541. The largest absolute Gasteiger partial charge is 0.493 e. The van der Waals surface area contributed by atoms with Crippen LogP contribution >= 0.6 is 11.6 Å². The lowest BCUT2D eigenvalue weighted by Crippen LogP contribution is -2.37. The van der Waals surface area contributed by atoms with E-state index in [4.69, 9.17) is 25.8 Å². The molecule has 0 unspecified atom stereocenters. The van der Waals surface area contributed by atoms with Crippen LogP contribution < -0.4 is 14.8 Å². The average molecular weight is 511 g/mol. The summed E-state index contributed by atoms with van der Waals surface area (Å²) in [4.78, 5) is 25.4. The van der Waals surface area contributed by atoms with E-state index in [9.17, 15) is 18.0 Å². The zero-order chi connectivity index (χ0) is 25.0. The minimum atomic E-state index is -3.79. The number of rotatable bonds is 7. The Labute approximate surface area is 204 Å². The Morgan fingerprint density at radius 1 is 1.00 bits per heavy atom. The number of amides is 1. The van der Waals surface area contributed by atoms with Crippen LogP contribution in [0.1, 0.15) is 40.5 Å². The first kappa shape index (κ1) is 25.8. The fourth-order valence-corrected chi connectivity index (χ4v) is 5.36. The summed E-state index contributed by atoms with van der Waals surface area (Å²) in [7, 11) is 0.232. The number of carbonyl (C=O) groups is 2. The fourth-order valence-electron chi connectivity index (χ4n) is 3.66. The maximum Gasteiger partial charge on any atom is 0.340 e. The second kappa shape index (κ2) is 10.6. The Bertz CT molecular complexity index is 1190. The molecule has 2 aromatic carbocycles. The molecule has 1 aliphatic heterocycles. The lowest BCUT2D eigenvalue weighted by atomic mass is 10.0. The van der Waals surface area contributed by atoms with Crippen molar-refractivity contribution in [2.45, 2.75) is 24.7 Å². The van der Waals surface area contributed by atoms with Gasteiger partial charge >= 0.3 is 5.97 Å². The second-order valence-corrected chi connectivity index (χ2v) is 10.3. The maximum absolute atomic E-state index is 13.1. The van der Waals surface area contributed by atoms with Crippen molar-refractivity contribution >= 4 is 39.2 Å². The fraction of sp³-hybridized carbons (Fsp3) is 0.391. The molecule has 9 nitrogen and oxygen atoms in total. The molecular weight excluding hydrogens is 484 g/mol. The molecule has 0 aromatic heterocycles. The molecule has 0 radical (unpaired) electrons.